The predicted molar refractivity (Wildman–Crippen MR) is 305 cm³/mol. The first-order valence-electron chi connectivity index (χ1n) is 28.7. The lowest BCUT2D eigenvalue weighted by atomic mass is 9.76. The first kappa shape index (κ1) is 64.0. The summed E-state index contributed by atoms with van der Waals surface area (Å²) in [6.45, 7) is 35.5. The predicted octanol–water partition coefficient (Wildman–Crippen LogP) is 10.4. The standard InChI is InChI=1S/C31H49N3O4.C19H23F3N2O3.C11H22N2O2/c1-22-9-10-23(11-12-31(8)13-15-32(16-14-31)28(36)38-30(5,6)7)26(17-22)34-20-24-18-25(34)19-33(24)21-27(35)37-29(2,3)4;1-18(2,3)27-17(26)10-23-8-15-7-14(23)9-24(15)16-6-13(19(20,21)22)5-4-12(16)11-25;1-10(2,3)15-9(14)13-7-5-11(4,12)6-8-13/h9-10,17,24-25H,11-16,18-21H2,1-8H3;4-6,11,14-15H,7-10H2,1-3H3;5-8,12H2,1-4H3. The van der Waals surface area contributed by atoms with Crippen LogP contribution in [-0.4, -0.2) is 168 Å². The van der Waals surface area contributed by atoms with Crippen LogP contribution < -0.4 is 15.5 Å². The first-order chi connectivity index (χ1) is 36.8. The molecule has 0 aromatic heterocycles. The first-order valence-corrected chi connectivity index (χ1v) is 28.7. The van der Waals surface area contributed by atoms with Gasteiger partial charge >= 0.3 is 30.3 Å². The minimum atomic E-state index is -4.46. The summed E-state index contributed by atoms with van der Waals surface area (Å²) in [5.41, 5.74) is 8.06. The van der Waals surface area contributed by atoms with Gasteiger partial charge in [0.15, 0.2) is 6.29 Å². The Labute approximate surface area is 474 Å². The average molecular weight is 1130 g/mol. The smallest absolute Gasteiger partial charge is 0.416 e. The normalized spacial score (nSPS) is 22.9. The Balaban J connectivity index is 0.000000213. The molecular formula is C61H94F3N7O9. The fourth-order valence-electron chi connectivity index (χ4n) is 11.5. The fourth-order valence-corrected chi connectivity index (χ4v) is 11.5. The van der Waals surface area contributed by atoms with Crippen LogP contribution in [0, 0.1) is 12.3 Å². The zero-order valence-corrected chi connectivity index (χ0v) is 50.6. The summed E-state index contributed by atoms with van der Waals surface area (Å²) in [6.07, 6.45) is 3.39. The molecule has 2 aromatic rings. The molecule has 16 nitrogen and oxygen atoms in total. The van der Waals surface area contributed by atoms with E-state index >= 15 is 0 Å². The molecular weight excluding hydrogens is 1030 g/mol. The number of likely N-dealkylation sites (tertiary alicyclic amines) is 4. The lowest BCUT2D eigenvalue weighted by Crippen LogP contribution is -2.50. The molecule has 0 spiro atoms. The number of nitrogens with two attached hydrogens (primary N) is 1. The van der Waals surface area contributed by atoms with E-state index in [0.717, 1.165) is 89.7 Å². The van der Waals surface area contributed by atoms with Crippen molar-refractivity contribution >= 4 is 41.8 Å². The van der Waals surface area contributed by atoms with Gasteiger partial charge in [-0.05, 0) is 189 Å². The molecule has 4 atom stereocenters. The number of ether oxygens (including phenoxy) is 4. The molecule has 4 unspecified atom stereocenters. The van der Waals surface area contributed by atoms with Gasteiger partial charge in [0.2, 0.25) is 0 Å². The number of nitrogens with zero attached hydrogens (tertiary/aromatic N) is 6. The number of aryl methyl sites for hydroxylation is 2. The average Bonchev–Trinajstić information content (AvgIpc) is 4.15. The van der Waals surface area contributed by atoms with Crippen molar-refractivity contribution in [2.45, 2.75) is 214 Å². The summed E-state index contributed by atoms with van der Waals surface area (Å²) in [7, 11) is 0. The number of esters is 2. The summed E-state index contributed by atoms with van der Waals surface area (Å²) < 4.78 is 60.9. The minimum absolute atomic E-state index is 0.0281. The number of carbonyl (C=O) groups excluding carboxylic acids is 5. The van der Waals surface area contributed by atoms with Gasteiger partial charge in [-0.1, -0.05) is 19.1 Å². The van der Waals surface area contributed by atoms with Crippen molar-refractivity contribution in [3.05, 3.63) is 58.7 Å². The number of carbonyl (C=O) groups is 5. The maximum absolute atomic E-state index is 13.1. The molecule has 2 aromatic carbocycles. The fraction of sp³-hybridized carbons (Fsp3) is 0.721. The van der Waals surface area contributed by atoms with Gasteiger partial charge in [-0.2, -0.15) is 13.2 Å². The van der Waals surface area contributed by atoms with E-state index in [4.69, 9.17) is 24.7 Å². The number of aldehydes is 1. The number of hydrogen-bond donors (Lipinski definition) is 1. The second kappa shape index (κ2) is 24.8. The number of fused-ring (bicyclic) bond motifs is 4. The highest BCUT2D eigenvalue weighted by Crippen LogP contribution is 2.42. The lowest BCUT2D eigenvalue weighted by Gasteiger charge is -2.40. The molecule has 6 aliphatic heterocycles. The Bertz CT molecular complexity index is 2490. The zero-order chi connectivity index (χ0) is 59.6. The number of piperazine rings is 2. The van der Waals surface area contributed by atoms with Gasteiger partial charge in [-0.15, -0.1) is 0 Å². The van der Waals surface area contributed by atoms with E-state index in [1.54, 1.807) is 25.7 Å². The number of halogens is 3. The van der Waals surface area contributed by atoms with Gasteiger partial charge in [0.25, 0.3) is 0 Å². The van der Waals surface area contributed by atoms with E-state index in [1.165, 1.54) is 22.9 Å². The van der Waals surface area contributed by atoms with E-state index in [0.29, 0.717) is 56.8 Å². The van der Waals surface area contributed by atoms with Gasteiger partial charge < -0.3 is 44.3 Å². The highest BCUT2D eigenvalue weighted by molar-refractivity contribution is 5.85. The van der Waals surface area contributed by atoms with Crippen LogP contribution in [0.5, 0.6) is 0 Å². The number of amides is 2. The van der Waals surface area contributed by atoms with Crippen molar-refractivity contribution in [3.8, 4) is 0 Å². The molecule has 6 heterocycles. The summed E-state index contributed by atoms with van der Waals surface area (Å²) in [5.74, 6) is -0.437. The Morgan fingerprint density at radius 2 is 1.04 bits per heavy atom. The Hall–Kier alpha value is -5.14. The quantitative estimate of drug-likeness (QED) is 0.136. The minimum Gasteiger partial charge on any atom is -0.459 e. The highest BCUT2D eigenvalue weighted by Gasteiger charge is 2.47. The second-order valence-corrected chi connectivity index (χ2v) is 27.8. The lowest BCUT2D eigenvalue weighted by molar-refractivity contribution is -0.157. The van der Waals surface area contributed by atoms with Crippen molar-refractivity contribution in [2.75, 3.05) is 75.2 Å². The van der Waals surface area contributed by atoms with Crippen LogP contribution in [0.15, 0.2) is 36.4 Å². The van der Waals surface area contributed by atoms with Crippen molar-refractivity contribution in [2.24, 2.45) is 11.1 Å². The van der Waals surface area contributed by atoms with Crippen LogP contribution in [0.1, 0.15) is 169 Å². The van der Waals surface area contributed by atoms with E-state index in [-0.39, 0.29) is 59.3 Å². The van der Waals surface area contributed by atoms with Crippen LogP contribution in [-0.2, 0) is 41.1 Å². The maximum atomic E-state index is 13.1. The van der Waals surface area contributed by atoms with Gasteiger partial charge in [-0.25, -0.2) is 9.59 Å². The molecule has 4 bridgehead atoms. The van der Waals surface area contributed by atoms with E-state index in [2.05, 4.69) is 41.8 Å². The van der Waals surface area contributed by atoms with E-state index in [9.17, 15) is 37.1 Å². The van der Waals surface area contributed by atoms with Crippen molar-refractivity contribution in [3.63, 3.8) is 0 Å². The van der Waals surface area contributed by atoms with Gasteiger partial charge in [-0.3, -0.25) is 24.2 Å². The Morgan fingerprint density at radius 3 is 1.44 bits per heavy atom. The number of rotatable bonds is 10. The topological polar surface area (TPSA) is 168 Å². The molecule has 0 radical (unpaired) electrons. The Morgan fingerprint density at radius 1 is 0.600 bits per heavy atom. The third-order valence-corrected chi connectivity index (χ3v) is 15.7. The highest BCUT2D eigenvalue weighted by atomic mass is 19.4. The van der Waals surface area contributed by atoms with Crippen molar-refractivity contribution < 1.29 is 56.1 Å². The van der Waals surface area contributed by atoms with Gasteiger partial charge in [0.05, 0.1) is 18.7 Å². The molecule has 80 heavy (non-hydrogen) atoms. The number of alkyl halides is 3. The number of piperidine rings is 2. The zero-order valence-electron chi connectivity index (χ0n) is 50.6. The molecule has 6 fully saturated rings. The third kappa shape index (κ3) is 18.4. The molecule has 448 valence electrons. The monoisotopic (exact) mass is 1130 g/mol. The molecule has 0 aliphatic carbocycles. The summed E-state index contributed by atoms with van der Waals surface area (Å²) in [5, 5.41) is 0. The van der Waals surface area contributed by atoms with E-state index < -0.39 is 34.1 Å². The van der Waals surface area contributed by atoms with E-state index in [1.807, 2.05) is 83.9 Å². The van der Waals surface area contributed by atoms with Gasteiger partial charge in [0, 0.05) is 99.0 Å². The molecule has 2 amide bonds. The van der Waals surface area contributed by atoms with Crippen LogP contribution in [0.2, 0.25) is 0 Å². The van der Waals surface area contributed by atoms with Crippen molar-refractivity contribution in [1.82, 2.24) is 19.6 Å². The summed E-state index contributed by atoms with van der Waals surface area (Å²) in [6, 6.07) is 10.9. The van der Waals surface area contributed by atoms with Crippen LogP contribution in [0.25, 0.3) is 0 Å². The molecule has 6 aliphatic rings. The SMILES string of the molecule is CC(C)(C)OC(=O)CN1CC2CC1CN2c1cc(C(F)(F)F)ccc1C=O.CC1(N)CCN(C(=O)OC(C)(C)C)CC1.Cc1ccc(CCC2(C)CCN(C(=O)OC(C)(C)C)CC2)c(N2CC3CC2CN3CC(=O)OC(C)(C)C)c1. The van der Waals surface area contributed by atoms with Crippen molar-refractivity contribution in [1.29, 1.82) is 0 Å². The van der Waals surface area contributed by atoms with Crippen LogP contribution in [0.4, 0.5) is 34.1 Å². The number of benzene rings is 2. The summed E-state index contributed by atoms with van der Waals surface area (Å²) in [4.78, 5) is 72.3. The molecule has 8 rings (SSSR count). The third-order valence-electron chi connectivity index (χ3n) is 15.7. The molecule has 19 heteroatoms. The molecule has 6 saturated heterocycles. The largest absolute Gasteiger partial charge is 0.459 e. The number of anilines is 2. The molecule has 0 saturated carbocycles. The second-order valence-electron chi connectivity index (χ2n) is 27.8. The van der Waals surface area contributed by atoms with Gasteiger partial charge in [0.1, 0.15) is 22.4 Å². The number of hydrogen-bond acceptors (Lipinski definition) is 14. The molecule has 2 N–H and O–H groups in total. The van der Waals surface area contributed by atoms with Crippen LogP contribution >= 0.6 is 0 Å². The Kier molecular flexibility index (Phi) is 19.8. The van der Waals surface area contributed by atoms with Crippen LogP contribution in [0.3, 0.4) is 0 Å². The summed E-state index contributed by atoms with van der Waals surface area (Å²) >= 11 is 0. The maximum Gasteiger partial charge on any atom is 0.416 e.